The van der Waals surface area contributed by atoms with Crippen LogP contribution in [0.4, 0.5) is 0 Å². The highest BCUT2D eigenvalue weighted by Crippen LogP contribution is 2.19. The van der Waals surface area contributed by atoms with Crippen molar-refractivity contribution in [3.8, 4) is 0 Å². The van der Waals surface area contributed by atoms with E-state index >= 15 is 0 Å². The third-order valence-electron chi connectivity index (χ3n) is 2.46. The summed E-state index contributed by atoms with van der Waals surface area (Å²) >= 11 is 1.66. The van der Waals surface area contributed by atoms with E-state index in [1.165, 1.54) is 0 Å². The number of aryl methyl sites for hydroxylation is 2. The predicted octanol–water partition coefficient (Wildman–Crippen LogP) is 0.932. The van der Waals surface area contributed by atoms with Crippen molar-refractivity contribution < 1.29 is 0 Å². The van der Waals surface area contributed by atoms with Crippen LogP contribution in [-0.4, -0.2) is 14.8 Å². The zero-order valence-electron chi connectivity index (χ0n) is 9.34. The Bertz CT molecular complexity index is 461. The normalized spacial score (nSPS) is 12.9. The summed E-state index contributed by atoms with van der Waals surface area (Å²) in [6.45, 7) is 1.99. The third kappa shape index (κ3) is 2.29. The van der Waals surface area contributed by atoms with Crippen LogP contribution in [0.1, 0.15) is 22.4 Å². The molecular weight excluding hydrogens is 222 g/mol. The smallest absolute Gasteiger partial charge is 0.0948 e. The van der Waals surface area contributed by atoms with Crippen molar-refractivity contribution in [1.29, 1.82) is 0 Å². The molecule has 1 unspecified atom stereocenters. The minimum absolute atomic E-state index is 0.0537. The largest absolute Gasteiger partial charge is 0.271 e. The topological polar surface area (TPSA) is 68.8 Å². The molecule has 86 valence electrons. The van der Waals surface area contributed by atoms with Crippen LogP contribution in [0.25, 0.3) is 0 Å². The minimum Gasteiger partial charge on any atom is -0.271 e. The van der Waals surface area contributed by atoms with Gasteiger partial charge in [0.2, 0.25) is 0 Å². The second-order valence-electron chi connectivity index (χ2n) is 3.69. The molecule has 0 spiro atoms. The van der Waals surface area contributed by atoms with E-state index in [0.717, 1.165) is 22.8 Å². The quantitative estimate of drug-likeness (QED) is 0.613. The van der Waals surface area contributed by atoms with Gasteiger partial charge in [0.1, 0.15) is 0 Å². The Morgan fingerprint density at radius 1 is 1.62 bits per heavy atom. The molecule has 3 N–H and O–H groups in total. The molecule has 2 aromatic rings. The number of rotatable bonds is 4. The van der Waals surface area contributed by atoms with E-state index in [1.54, 1.807) is 17.5 Å². The van der Waals surface area contributed by atoms with Crippen molar-refractivity contribution in [3.05, 3.63) is 34.0 Å². The molecule has 0 radical (unpaired) electrons. The maximum Gasteiger partial charge on any atom is 0.0948 e. The second-order valence-corrected chi connectivity index (χ2v) is 4.63. The number of hydrogen-bond acceptors (Lipinski definition) is 5. The van der Waals surface area contributed by atoms with Gasteiger partial charge in [-0.1, -0.05) is 0 Å². The van der Waals surface area contributed by atoms with Crippen molar-refractivity contribution >= 4 is 11.3 Å². The number of aromatic nitrogens is 3. The lowest BCUT2D eigenvalue weighted by molar-refractivity contribution is 0.507. The Hall–Kier alpha value is -1.24. The van der Waals surface area contributed by atoms with Gasteiger partial charge in [-0.05, 0) is 13.0 Å². The standard InChI is InChI=1S/C10H15N5S/c1-7-6-16-10(13-7)5-8(14-11)9-3-4-12-15(9)2/h3-4,6,8,14H,5,11H2,1-2H3. The molecule has 0 saturated heterocycles. The van der Waals surface area contributed by atoms with Gasteiger partial charge in [-0.3, -0.25) is 16.0 Å². The summed E-state index contributed by atoms with van der Waals surface area (Å²) in [6.07, 6.45) is 2.56. The first kappa shape index (κ1) is 11.3. The Morgan fingerprint density at radius 2 is 2.44 bits per heavy atom. The molecule has 2 heterocycles. The van der Waals surface area contributed by atoms with E-state index in [4.69, 9.17) is 5.84 Å². The van der Waals surface area contributed by atoms with Gasteiger partial charge in [-0.2, -0.15) is 5.10 Å². The fourth-order valence-electron chi connectivity index (χ4n) is 1.65. The van der Waals surface area contributed by atoms with Crippen molar-refractivity contribution in [1.82, 2.24) is 20.2 Å². The Morgan fingerprint density at radius 3 is 2.94 bits per heavy atom. The summed E-state index contributed by atoms with van der Waals surface area (Å²) in [5.41, 5.74) is 4.93. The van der Waals surface area contributed by atoms with Gasteiger partial charge >= 0.3 is 0 Å². The molecule has 0 fully saturated rings. The van der Waals surface area contributed by atoms with Crippen molar-refractivity contribution in [3.63, 3.8) is 0 Å². The van der Waals surface area contributed by atoms with Crippen LogP contribution in [0.5, 0.6) is 0 Å². The van der Waals surface area contributed by atoms with Crippen molar-refractivity contribution in [2.45, 2.75) is 19.4 Å². The number of thiazole rings is 1. The maximum absolute atomic E-state index is 5.57. The lowest BCUT2D eigenvalue weighted by Gasteiger charge is -2.14. The molecule has 0 bridgehead atoms. The average molecular weight is 237 g/mol. The third-order valence-corrected chi connectivity index (χ3v) is 3.45. The zero-order valence-corrected chi connectivity index (χ0v) is 10.2. The molecule has 1 atom stereocenters. The Labute approximate surface area is 98.3 Å². The molecule has 16 heavy (non-hydrogen) atoms. The summed E-state index contributed by atoms with van der Waals surface area (Å²) in [5, 5.41) is 7.27. The van der Waals surface area contributed by atoms with Gasteiger partial charge < -0.3 is 0 Å². The van der Waals surface area contributed by atoms with Crippen molar-refractivity contribution in [2.75, 3.05) is 0 Å². The second kappa shape index (κ2) is 4.73. The van der Waals surface area contributed by atoms with Crippen molar-refractivity contribution in [2.24, 2.45) is 12.9 Å². The summed E-state index contributed by atoms with van der Waals surface area (Å²) in [4.78, 5) is 4.43. The van der Waals surface area contributed by atoms with E-state index < -0.39 is 0 Å². The first-order valence-electron chi connectivity index (χ1n) is 5.05. The fraction of sp³-hybridized carbons (Fsp3) is 0.400. The summed E-state index contributed by atoms with van der Waals surface area (Å²) in [6, 6.07) is 2.02. The van der Waals surface area contributed by atoms with E-state index in [9.17, 15) is 0 Å². The molecular formula is C10H15N5S. The van der Waals surface area contributed by atoms with Crippen LogP contribution in [0.2, 0.25) is 0 Å². The first-order valence-corrected chi connectivity index (χ1v) is 5.93. The number of nitrogens with zero attached hydrogens (tertiary/aromatic N) is 3. The van der Waals surface area contributed by atoms with Crippen LogP contribution in [-0.2, 0) is 13.5 Å². The number of nitrogens with two attached hydrogens (primary N) is 1. The van der Waals surface area contributed by atoms with Crippen LogP contribution in [0.3, 0.4) is 0 Å². The molecule has 2 aromatic heterocycles. The van der Waals surface area contributed by atoms with Crippen LogP contribution in [0, 0.1) is 6.92 Å². The minimum atomic E-state index is 0.0537. The van der Waals surface area contributed by atoms with Gasteiger partial charge in [-0.25, -0.2) is 4.98 Å². The molecule has 0 amide bonds. The van der Waals surface area contributed by atoms with Gasteiger partial charge in [-0.15, -0.1) is 11.3 Å². The van der Waals surface area contributed by atoms with Gasteiger partial charge in [0.05, 0.1) is 16.7 Å². The summed E-state index contributed by atoms with van der Waals surface area (Å²) in [5.74, 6) is 5.57. The van der Waals surface area contributed by atoms with E-state index in [-0.39, 0.29) is 6.04 Å². The Balaban J connectivity index is 2.15. The lowest BCUT2D eigenvalue weighted by Crippen LogP contribution is -2.31. The zero-order chi connectivity index (χ0) is 11.5. The fourth-order valence-corrected chi connectivity index (χ4v) is 2.46. The molecule has 5 nitrogen and oxygen atoms in total. The summed E-state index contributed by atoms with van der Waals surface area (Å²) in [7, 11) is 1.91. The van der Waals surface area contributed by atoms with E-state index in [2.05, 4.69) is 15.5 Å². The van der Waals surface area contributed by atoms with Gasteiger partial charge in [0.25, 0.3) is 0 Å². The number of hydrazine groups is 1. The van der Waals surface area contributed by atoms with Crippen LogP contribution < -0.4 is 11.3 Å². The monoisotopic (exact) mass is 237 g/mol. The molecule has 0 aliphatic heterocycles. The van der Waals surface area contributed by atoms with Crippen LogP contribution in [0.15, 0.2) is 17.6 Å². The van der Waals surface area contributed by atoms with Gasteiger partial charge in [0, 0.05) is 30.7 Å². The SMILES string of the molecule is Cc1csc(CC(NN)c2ccnn2C)n1. The summed E-state index contributed by atoms with van der Waals surface area (Å²) < 4.78 is 1.82. The van der Waals surface area contributed by atoms with Gasteiger partial charge in [0.15, 0.2) is 0 Å². The highest BCUT2D eigenvalue weighted by Gasteiger charge is 2.15. The average Bonchev–Trinajstić information content (AvgIpc) is 2.84. The number of nitrogens with one attached hydrogen (secondary N) is 1. The maximum atomic E-state index is 5.57. The molecule has 6 heteroatoms. The van der Waals surface area contributed by atoms with E-state index in [0.29, 0.717) is 0 Å². The first-order chi connectivity index (χ1) is 7.70. The number of hydrogen-bond donors (Lipinski definition) is 2. The predicted molar refractivity (Wildman–Crippen MR) is 63.8 cm³/mol. The molecule has 0 aromatic carbocycles. The highest BCUT2D eigenvalue weighted by molar-refractivity contribution is 7.09. The Kier molecular flexibility index (Phi) is 3.33. The molecule has 0 saturated carbocycles. The molecule has 2 rings (SSSR count). The lowest BCUT2D eigenvalue weighted by atomic mass is 10.1. The molecule has 0 aliphatic carbocycles. The molecule has 0 aliphatic rings. The van der Waals surface area contributed by atoms with E-state index in [1.807, 2.05) is 30.1 Å². The van der Waals surface area contributed by atoms with Crippen LogP contribution >= 0.6 is 11.3 Å². The highest BCUT2D eigenvalue weighted by atomic mass is 32.1.